The lowest BCUT2D eigenvalue weighted by Gasteiger charge is -2.40. The van der Waals surface area contributed by atoms with Crippen molar-refractivity contribution in [2.24, 2.45) is 4.99 Å². The van der Waals surface area contributed by atoms with Crippen LogP contribution in [0.5, 0.6) is 5.75 Å². The number of hydrogen-bond acceptors (Lipinski definition) is 7. The van der Waals surface area contributed by atoms with Gasteiger partial charge in [0.15, 0.2) is 11.6 Å². The first kappa shape index (κ1) is 26.5. The normalized spacial score (nSPS) is 23.7. The van der Waals surface area contributed by atoms with Crippen LogP contribution in [0.15, 0.2) is 36.1 Å². The van der Waals surface area contributed by atoms with Crippen LogP contribution in [0.2, 0.25) is 0 Å². The van der Waals surface area contributed by atoms with Gasteiger partial charge in [0.25, 0.3) is 5.91 Å². The molecule has 0 aliphatic carbocycles. The van der Waals surface area contributed by atoms with Gasteiger partial charge in [0.05, 0.1) is 12.1 Å². The van der Waals surface area contributed by atoms with E-state index in [9.17, 15) is 19.1 Å². The minimum absolute atomic E-state index is 0.0794. The number of pyridine rings is 1. The van der Waals surface area contributed by atoms with Gasteiger partial charge in [-0.2, -0.15) is 0 Å². The summed E-state index contributed by atoms with van der Waals surface area (Å²) in [6.07, 6.45) is 3.41. The molecule has 2 saturated heterocycles. The van der Waals surface area contributed by atoms with E-state index < -0.39 is 40.9 Å². The van der Waals surface area contributed by atoms with Crippen LogP contribution < -0.4 is 9.64 Å². The predicted molar refractivity (Wildman–Crippen MR) is 136 cm³/mol. The van der Waals surface area contributed by atoms with Crippen LogP contribution in [0.1, 0.15) is 43.2 Å². The average Bonchev–Trinajstić information content (AvgIpc) is 3.04. The first-order valence-corrected chi connectivity index (χ1v) is 12.1. The fraction of sp³-hybridized carbons (Fsp3) is 0.462. The van der Waals surface area contributed by atoms with Gasteiger partial charge in [0.1, 0.15) is 35.2 Å². The van der Waals surface area contributed by atoms with E-state index in [1.807, 2.05) is 13.8 Å². The van der Waals surface area contributed by atoms with Gasteiger partial charge in [-0.15, -0.1) is 0 Å². The van der Waals surface area contributed by atoms with Crippen molar-refractivity contribution in [1.29, 1.82) is 0 Å². The maximum atomic E-state index is 16.0. The smallest absolute Gasteiger partial charge is 0.262 e. The Bertz CT molecular complexity index is 1210. The number of allylic oxidation sites excluding steroid dienone is 2. The number of ether oxygens (including phenoxy) is 1. The molecule has 1 N–H and O–H groups in total. The number of halogens is 2. The number of amides is 2. The number of fused-ring (bicyclic) bond motifs is 2. The number of anilines is 1. The minimum Gasteiger partial charge on any atom is -0.487 e. The van der Waals surface area contributed by atoms with E-state index in [4.69, 9.17) is 4.74 Å². The van der Waals surface area contributed by atoms with Crippen LogP contribution in [0.3, 0.4) is 0 Å². The van der Waals surface area contributed by atoms with Gasteiger partial charge in [-0.3, -0.25) is 14.6 Å². The van der Waals surface area contributed by atoms with Crippen LogP contribution in [0.25, 0.3) is 5.70 Å². The van der Waals surface area contributed by atoms with Gasteiger partial charge >= 0.3 is 0 Å². The predicted octanol–water partition coefficient (Wildman–Crippen LogP) is 2.72. The quantitative estimate of drug-likeness (QED) is 0.478. The molecular weight excluding hydrogens is 484 g/mol. The molecule has 1 aromatic rings. The zero-order valence-corrected chi connectivity index (χ0v) is 21.2. The molecule has 11 heteroatoms. The Balaban J connectivity index is 1.91. The van der Waals surface area contributed by atoms with Crippen molar-refractivity contribution in [1.82, 2.24) is 14.8 Å². The largest absolute Gasteiger partial charge is 0.487 e. The molecule has 3 aliphatic rings. The monoisotopic (exact) mass is 515 g/mol. The lowest BCUT2D eigenvalue weighted by Crippen LogP contribution is -2.57. The number of aromatic nitrogens is 1. The summed E-state index contributed by atoms with van der Waals surface area (Å²) in [6.45, 7) is 12.6. The molecule has 2 fully saturated rings. The molecule has 4 rings (SSSR count). The highest BCUT2D eigenvalue weighted by molar-refractivity contribution is 6.03. The van der Waals surface area contributed by atoms with Gasteiger partial charge in [-0.1, -0.05) is 19.2 Å². The fourth-order valence-electron chi connectivity index (χ4n) is 5.15. The maximum Gasteiger partial charge on any atom is 0.262 e. The van der Waals surface area contributed by atoms with Gasteiger partial charge < -0.3 is 24.5 Å². The summed E-state index contributed by atoms with van der Waals surface area (Å²) in [5.41, 5.74) is -1.52. The lowest BCUT2D eigenvalue weighted by atomic mass is 10.00. The molecule has 0 radical (unpaired) electrons. The first-order valence-electron chi connectivity index (χ1n) is 12.1. The van der Waals surface area contributed by atoms with Crippen molar-refractivity contribution in [3.8, 4) is 5.75 Å². The van der Waals surface area contributed by atoms with E-state index in [0.29, 0.717) is 6.42 Å². The fourth-order valence-corrected chi connectivity index (χ4v) is 5.15. The summed E-state index contributed by atoms with van der Waals surface area (Å²) in [6, 6.07) is -0.540. The average molecular weight is 516 g/mol. The number of carbonyl (C=O) groups excluding carboxylic acids is 2. The number of piperazine rings is 1. The number of rotatable bonds is 5. The number of aliphatic hydroxyl groups is 1. The van der Waals surface area contributed by atoms with Crippen LogP contribution in [0.4, 0.5) is 14.6 Å². The Hall–Kier alpha value is -3.60. The second-order valence-electron chi connectivity index (χ2n) is 9.93. The molecular formula is C26H31F2N5O4. The SMILES string of the molecule is C=CC=N/C(=C(\C)F)c1nc(N2CC(O)CC2(C)C)c2c(c1F)OC[C@H]1CN(C(=O)C=C)CCN1C2=O. The Kier molecular flexibility index (Phi) is 7.18. The molecule has 2 atom stereocenters. The zero-order chi connectivity index (χ0) is 27.1. The molecule has 1 aromatic heterocycles. The Labute approximate surface area is 214 Å². The summed E-state index contributed by atoms with van der Waals surface area (Å²) in [4.78, 5) is 39.4. The topological polar surface area (TPSA) is 98.6 Å². The summed E-state index contributed by atoms with van der Waals surface area (Å²) < 4.78 is 36.5. The highest BCUT2D eigenvalue weighted by atomic mass is 19.1. The third-order valence-electron chi connectivity index (χ3n) is 6.91. The molecule has 0 bridgehead atoms. The molecule has 0 spiro atoms. The van der Waals surface area contributed by atoms with E-state index in [2.05, 4.69) is 23.1 Å². The number of aliphatic hydroxyl groups excluding tert-OH is 1. The Morgan fingerprint density at radius 2 is 2.03 bits per heavy atom. The summed E-state index contributed by atoms with van der Waals surface area (Å²) in [7, 11) is 0. The Morgan fingerprint density at radius 3 is 2.62 bits per heavy atom. The van der Waals surface area contributed by atoms with Gasteiger partial charge in [-0.05, 0) is 33.3 Å². The van der Waals surface area contributed by atoms with Crippen LogP contribution in [0, 0.1) is 5.82 Å². The van der Waals surface area contributed by atoms with E-state index in [1.165, 1.54) is 18.4 Å². The number of nitrogens with zero attached hydrogens (tertiary/aromatic N) is 5. The number of hydrogen-bond donors (Lipinski definition) is 1. The first-order chi connectivity index (χ1) is 17.5. The summed E-state index contributed by atoms with van der Waals surface area (Å²) >= 11 is 0. The molecule has 4 heterocycles. The standard InChI is InChI=1S/C26H31F2N5O4/c1-6-8-29-21(15(3)27)22-20(28)23-19(24(30-22)33-13-17(34)11-26(33,4)5)25(36)32-10-9-31(18(35)7-2)12-16(32)14-37-23/h6-8,16-17,34H,1-2,9-14H2,3-5H3/b21-15+,29-8?/t16-,17?/m1/s1. The summed E-state index contributed by atoms with van der Waals surface area (Å²) in [5, 5.41) is 10.4. The van der Waals surface area contributed by atoms with E-state index in [-0.39, 0.29) is 61.5 Å². The molecule has 1 unspecified atom stereocenters. The Morgan fingerprint density at radius 1 is 1.30 bits per heavy atom. The molecule has 0 saturated carbocycles. The van der Waals surface area contributed by atoms with Crippen molar-refractivity contribution in [3.63, 3.8) is 0 Å². The summed E-state index contributed by atoms with van der Waals surface area (Å²) in [5.74, 6) is -2.86. The minimum atomic E-state index is -1.02. The number of aliphatic imine (C=N–C) groups is 1. The third-order valence-corrected chi connectivity index (χ3v) is 6.91. The van der Waals surface area contributed by atoms with Crippen molar-refractivity contribution < 1.29 is 28.2 Å². The lowest BCUT2D eigenvalue weighted by molar-refractivity contribution is -0.128. The van der Waals surface area contributed by atoms with E-state index in [1.54, 1.807) is 14.7 Å². The molecule has 0 aromatic carbocycles. The van der Waals surface area contributed by atoms with Gasteiger partial charge in [-0.25, -0.2) is 13.8 Å². The van der Waals surface area contributed by atoms with E-state index >= 15 is 4.39 Å². The second kappa shape index (κ2) is 10.0. The second-order valence-corrected chi connectivity index (χ2v) is 9.93. The third kappa shape index (κ3) is 4.75. The van der Waals surface area contributed by atoms with Crippen molar-refractivity contribution in [2.75, 3.05) is 37.7 Å². The molecule has 198 valence electrons. The molecule has 9 nitrogen and oxygen atoms in total. The van der Waals surface area contributed by atoms with Gasteiger partial charge in [0.2, 0.25) is 5.91 Å². The zero-order valence-electron chi connectivity index (χ0n) is 21.2. The van der Waals surface area contributed by atoms with Crippen LogP contribution >= 0.6 is 0 Å². The van der Waals surface area contributed by atoms with Crippen molar-refractivity contribution in [2.45, 2.75) is 44.9 Å². The maximum absolute atomic E-state index is 16.0. The number of β-amino-alcohol motifs (C(OH)–C–C–N with tert-alkyl or cyclic N) is 1. The van der Waals surface area contributed by atoms with Gasteiger partial charge in [0, 0.05) is 37.9 Å². The van der Waals surface area contributed by atoms with E-state index in [0.717, 1.165) is 6.92 Å². The van der Waals surface area contributed by atoms with Crippen LogP contribution in [-0.2, 0) is 4.79 Å². The number of carbonyl (C=O) groups is 2. The highest BCUT2D eigenvalue weighted by Crippen LogP contribution is 2.43. The molecule has 37 heavy (non-hydrogen) atoms. The highest BCUT2D eigenvalue weighted by Gasteiger charge is 2.45. The van der Waals surface area contributed by atoms with Crippen molar-refractivity contribution >= 4 is 29.5 Å². The van der Waals surface area contributed by atoms with Crippen molar-refractivity contribution in [3.05, 3.63) is 48.2 Å². The molecule has 2 amide bonds. The van der Waals surface area contributed by atoms with Crippen LogP contribution in [-0.4, -0.2) is 88.4 Å². The molecule has 3 aliphatic heterocycles.